The minimum Gasteiger partial charge on any atom is -0.507 e. The number of alkyl carbamates (subject to hydrolysis) is 1. The molecule has 1 fully saturated rings. The van der Waals surface area contributed by atoms with Crippen LogP contribution in [0, 0.1) is 0 Å². The monoisotopic (exact) mass is 541 g/mol. The number of amides is 2. The van der Waals surface area contributed by atoms with Crippen molar-refractivity contribution < 1.29 is 41.9 Å². The number of alkyl halides is 3. The molecule has 1 aromatic carbocycles. The number of guanidine groups is 1. The van der Waals surface area contributed by atoms with Crippen molar-refractivity contribution in [1.29, 1.82) is 0 Å². The van der Waals surface area contributed by atoms with E-state index in [2.05, 4.69) is 20.4 Å². The molecule has 0 aliphatic carbocycles. The summed E-state index contributed by atoms with van der Waals surface area (Å²) >= 11 is 0. The van der Waals surface area contributed by atoms with E-state index >= 15 is 0 Å². The van der Waals surface area contributed by atoms with Crippen molar-refractivity contribution >= 4 is 18.1 Å². The number of hydrogen-bond acceptors (Lipinski definition) is 8. The van der Waals surface area contributed by atoms with Crippen molar-refractivity contribution in [3.05, 3.63) is 29.7 Å². The van der Waals surface area contributed by atoms with Gasteiger partial charge in [0.2, 0.25) is 17.7 Å². The zero-order valence-electron chi connectivity index (χ0n) is 21.8. The van der Waals surface area contributed by atoms with Crippen molar-refractivity contribution in [2.75, 3.05) is 6.54 Å². The van der Waals surface area contributed by atoms with Crippen LogP contribution in [-0.2, 0) is 15.7 Å². The van der Waals surface area contributed by atoms with Crippen LogP contribution in [0.2, 0.25) is 0 Å². The van der Waals surface area contributed by atoms with Crippen LogP contribution in [-0.4, -0.2) is 56.0 Å². The summed E-state index contributed by atoms with van der Waals surface area (Å²) in [4.78, 5) is 34.7. The number of hydrogen-bond donors (Lipinski definition) is 2. The second kappa shape index (κ2) is 10.5. The minimum absolute atomic E-state index is 0.0239. The van der Waals surface area contributed by atoms with Gasteiger partial charge in [0, 0.05) is 12.1 Å². The van der Waals surface area contributed by atoms with Crippen LogP contribution in [0.1, 0.15) is 71.9 Å². The fourth-order valence-corrected chi connectivity index (χ4v) is 3.60. The molecule has 0 saturated carbocycles. The zero-order valence-corrected chi connectivity index (χ0v) is 21.8. The number of carbonyl (C=O) groups is 2. The fraction of sp³-hybridized carbons (Fsp3) is 0.542. The second-order valence-corrected chi connectivity index (χ2v) is 10.6. The van der Waals surface area contributed by atoms with Crippen molar-refractivity contribution in [3.8, 4) is 17.1 Å². The number of rotatable bonds is 2. The number of nitrogens with one attached hydrogen (secondary N) is 1. The maximum absolute atomic E-state index is 13.2. The Morgan fingerprint density at radius 2 is 1.79 bits per heavy atom. The van der Waals surface area contributed by atoms with Crippen molar-refractivity contribution in [3.63, 3.8) is 0 Å². The van der Waals surface area contributed by atoms with E-state index in [0.717, 1.165) is 12.1 Å². The highest BCUT2D eigenvalue weighted by molar-refractivity contribution is 5.99. The van der Waals surface area contributed by atoms with Gasteiger partial charge < -0.3 is 24.0 Å². The van der Waals surface area contributed by atoms with E-state index in [1.165, 1.54) is 6.07 Å². The lowest BCUT2D eigenvalue weighted by Gasteiger charge is -2.27. The van der Waals surface area contributed by atoms with Gasteiger partial charge in [0.1, 0.15) is 23.0 Å². The number of carbonyl (C=O) groups excluding carboxylic acids is 2. The topological polar surface area (TPSA) is 139 Å². The Morgan fingerprint density at radius 3 is 2.39 bits per heavy atom. The number of phenolic OH excluding ortho intramolecular Hbond substituents is 1. The van der Waals surface area contributed by atoms with Gasteiger partial charge in [-0.15, -0.1) is 4.99 Å². The summed E-state index contributed by atoms with van der Waals surface area (Å²) in [6, 6.07) is 2.18. The molecule has 1 aliphatic rings. The van der Waals surface area contributed by atoms with E-state index in [1.54, 1.807) is 46.4 Å². The van der Waals surface area contributed by atoms with Crippen LogP contribution in [0.4, 0.5) is 22.8 Å². The van der Waals surface area contributed by atoms with Crippen LogP contribution in [0.15, 0.2) is 27.7 Å². The molecule has 3 rings (SSSR count). The van der Waals surface area contributed by atoms with Gasteiger partial charge in [0.15, 0.2) is 0 Å². The lowest BCUT2D eigenvalue weighted by Crippen LogP contribution is -2.46. The molecule has 0 unspecified atom stereocenters. The normalized spacial score (nSPS) is 16.9. The molecule has 2 aromatic rings. The molecule has 11 nitrogen and oxygen atoms in total. The summed E-state index contributed by atoms with van der Waals surface area (Å²) in [5.41, 5.74) is -2.93. The molecule has 1 atom stereocenters. The number of halogens is 3. The summed E-state index contributed by atoms with van der Waals surface area (Å²) in [6.45, 7) is 10.3. The molecule has 14 heteroatoms. The summed E-state index contributed by atoms with van der Waals surface area (Å²) in [5, 5.41) is 15.9. The Hall–Kier alpha value is -3.84. The SMILES string of the molecule is CC(C)(C)OC(=O)/N=C(\NC(=O)OC(C)(C)C)N1CCC[C@H]1c1nc(-c2ccc(O)c(C(F)(F)F)c2)no1. The van der Waals surface area contributed by atoms with Crippen LogP contribution < -0.4 is 5.32 Å². The van der Waals surface area contributed by atoms with E-state index in [9.17, 15) is 27.9 Å². The minimum atomic E-state index is -4.78. The Labute approximate surface area is 217 Å². The molecule has 1 aliphatic heterocycles. The number of likely N-dealkylation sites (tertiary alicyclic amines) is 1. The summed E-state index contributed by atoms with van der Waals surface area (Å²) < 4.78 is 55.6. The lowest BCUT2D eigenvalue weighted by molar-refractivity contribution is -0.138. The smallest absolute Gasteiger partial charge is 0.437 e. The lowest BCUT2D eigenvalue weighted by atomic mass is 10.1. The second-order valence-electron chi connectivity index (χ2n) is 10.6. The number of benzene rings is 1. The molecular weight excluding hydrogens is 511 g/mol. The van der Waals surface area contributed by atoms with Gasteiger partial charge in [-0.05, 0) is 72.6 Å². The third kappa shape index (κ3) is 7.59. The van der Waals surface area contributed by atoms with Crippen LogP contribution >= 0.6 is 0 Å². The predicted molar refractivity (Wildman–Crippen MR) is 128 cm³/mol. The number of aliphatic imine (C=N–C) groups is 1. The van der Waals surface area contributed by atoms with Gasteiger partial charge in [-0.2, -0.15) is 18.2 Å². The Balaban J connectivity index is 1.92. The highest BCUT2D eigenvalue weighted by Crippen LogP contribution is 2.38. The number of aromatic nitrogens is 2. The molecular formula is C24H30F3N5O6. The van der Waals surface area contributed by atoms with Gasteiger partial charge >= 0.3 is 18.4 Å². The maximum atomic E-state index is 13.2. The molecule has 2 N–H and O–H groups in total. The van der Waals surface area contributed by atoms with Crippen LogP contribution in [0.3, 0.4) is 0 Å². The molecule has 208 valence electrons. The predicted octanol–water partition coefficient (Wildman–Crippen LogP) is 5.41. The number of ether oxygens (including phenoxy) is 2. The van der Waals surface area contributed by atoms with E-state index in [1.807, 2.05) is 0 Å². The number of phenols is 1. The van der Waals surface area contributed by atoms with E-state index in [-0.39, 0.29) is 23.2 Å². The third-order valence-electron chi connectivity index (χ3n) is 5.02. The van der Waals surface area contributed by atoms with Gasteiger partial charge in [-0.1, -0.05) is 5.16 Å². The maximum Gasteiger partial charge on any atom is 0.437 e. The third-order valence-corrected chi connectivity index (χ3v) is 5.02. The Bertz CT molecular complexity index is 1210. The molecule has 0 radical (unpaired) electrons. The van der Waals surface area contributed by atoms with Gasteiger partial charge in [0.05, 0.1) is 5.56 Å². The summed E-state index contributed by atoms with van der Waals surface area (Å²) in [7, 11) is 0. The van der Waals surface area contributed by atoms with E-state index < -0.39 is 46.9 Å². The van der Waals surface area contributed by atoms with Gasteiger partial charge in [-0.25, -0.2) is 9.59 Å². The van der Waals surface area contributed by atoms with E-state index in [4.69, 9.17) is 14.0 Å². The molecule has 0 bridgehead atoms. The first-order valence-corrected chi connectivity index (χ1v) is 11.8. The largest absolute Gasteiger partial charge is 0.507 e. The first-order valence-electron chi connectivity index (χ1n) is 11.8. The standard InChI is InChI=1S/C24H30F3N5O6/c1-22(2,3)36-20(34)29-19(30-21(35)37-23(4,5)6)32-11-7-8-15(32)18-28-17(31-38-18)13-9-10-16(33)14(12-13)24(25,26)27/h9-10,12,15,33H,7-8,11H2,1-6H3,(H,29,30,34,35)/t15-/m0/s1. The first kappa shape index (κ1) is 28.7. The first-order chi connectivity index (χ1) is 17.4. The van der Waals surface area contributed by atoms with Crippen molar-refractivity contribution in [1.82, 2.24) is 20.4 Å². The average molecular weight is 542 g/mol. The quantitative estimate of drug-likeness (QED) is 0.377. The molecule has 1 saturated heterocycles. The Kier molecular flexibility index (Phi) is 7.94. The van der Waals surface area contributed by atoms with Gasteiger partial charge in [0.25, 0.3) is 0 Å². The summed E-state index contributed by atoms with van der Waals surface area (Å²) in [5.74, 6) is -1.20. The molecule has 2 heterocycles. The Morgan fingerprint density at radius 1 is 1.13 bits per heavy atom. The van der Waals surface area contributed by atoms with Crippen LogP contribution in [0.5, 0.6) is 5.75 Å². The highest BCUT2D eigenvalue weighted by atomic mass is 19.4. The zero-order chi connectivity index (χ0) is 28.5. The fourth-order valence-electron chi connectivity index (χ4n) is 3.60. The number of aromatic hydroxyl groups is 1. The summed E-state index contributed by atoms with van der Waals surface area (Å²) in [6.07, 6.45) is -5.56. The molecule has 2 amide bonds. The molecule has 1 aromatic heterocycles. The number of nitrogens with zero attached hydrogens (tertiary/aromatic N) is 4. The molecule has 0 spiro atoms. The van der Waals surface area contributed by atoms with Crippen LogP contribution in [0.25, 0.3) is 11.4 Å². The highest BCUT2D eigenvalue weighted by Gasteiger charge is 2.37. The van der Waals surface area contributed by atoms with Gasteiger partial charge in [-0.3, -0.25) is 5.32 Å². The van der Waals surface area contributed by atoms with Crippen molar-refractivity contribution in [2.24, 2.45) is 4.99 Å². The average Bonchev–Trinajstić information content (AvgIpc) is 3.39. The van der Waals surface area contributed by atoms with Crippen molar-refractivity contribution in [2.45, 2.75) is 77.8 Å². The van der Waals surface area contributed by atoms with E-state index in [0.29, 0.717) is 19.4 Å². The molecule has 38 heavy (non-hydrogen) atoms.